The maximum absolute atomic E-state index is 13.4. The Morgan fingerprint density at radius 1 is 0.961 bits per heavy atom. The van der Waals surface area contributed by atoms with Crippen molar-refractivity contribution in [3.05, 3.63) is 46.1 Å². The molecule has 0 amide bonds. The number of carbonyl (C=O) groups excluding carboxylic acids is 3. The Hall–Kier alpha value is -2.71. The van der Waals surface area contributed by atoms with Crippen molar-refractivity contribution in [1.29, 1.82) is 0 Å². The van der Waals surface area contributed by atoms with Crippen molar-refractivity contribution in [2.24, 2.45) is 5.92 Å². The molecule has 0 bridgehead atoms. The van der Waals surface area contributed by atoms with Gasteiger partial charge in [-0.05, 0) is 64.6 Å². The number of cyclic esters (lactones) is 1. The Morgan fingerprint density at radius 2 is 1.61 bits per heavy atom. The van der Waals surface area contributed by atoms with Crippen molar-refractivity contribution in [3.63, 3.8) is 0 Å². The quantitative estimate of drug-likeness (QED) is 0.0370. The zero-order valence-electron chi connectivity index (χ0n) is 32.9. The first-order valence-electron chi connectivity index (χ1n) is 17.7. The summed E-state index contributed by atoms with van der Waals surface area (Å²) in [5, 5.41) is 0. The number of hydrogen-bond acceptors (Lipinski definition) is 11. The lowest BCUT2D eigenvalue weighted by molar-refractivity contribution is -0.151. The molecule has 0 saturated heterocycles. The van der Waals surface area contributed by atoms with E-state index in [1.54, 1.807) is 26.2 Å². The molecular weight excluding hydrogens is 708 g/mol. The Kier molecular flexibility index (Phi) is 17.4. The minimum atomic E-state index is -3.64. The molecule has 3 atom stereocenters. The predicted octanol–water partition coefficient (Wildman–Crippen LogP) is 8.52. The molecule has 2 rings (SSSR count). The van der Waals surface area contributed by atoms with Crippen LogP contribution >= 0.6 is 7.60 Å². The number of hydrogen-bond donors (Lipinski definition) is 0. The van der Waals surface area contributed by atoms with E-state index in [0.717, 1.165) is 34.4 Å². The van der Waals surface area contributed by atoms with Crippen LogP contribution in [0.15, 0.2) is 23.8 Å². The second-order valence-corrected chi connectivity index (χ2v) is 28.8. The monoisotopic (exact) mass is 768 g/mol. The highest BCUT2D eigenvalue weighted by Gasteiger charge is 2.34. The molecule has 0 saturated carbocycles. The van der Waals surface area contributed by atoms with Gasteiger partial charge >= 0.3 is 25.5 Å². The molecule has 14 heteroatoms. The third kappa shape index (κ3) is 14.3. The van der Waals surface area contributed by atoms with Crippen molar-refractivity contribution in [3.8, 4) is 11.5 Å². The number of methoxy groups -OCH3 is 1. The zero-order valence-corrected chi connectivity index (χ0v) is 35.8. The summed E-state index contributed by atoms with van der Waals surface area (Å²) in [5.74, 6) is -0.674. The van der Waals surface area contributed by atoms with Crippen LogP contribution in [0.25, 0.3) is 0 Å². The number of carbonyl (C=O) groups is 3. The standard InChI is InChI=1S/C37H61O11PSi2/c1-13-44-35(38)28(4)48-49(41,43-6)21-15-14-16-29(36(39)46-20-23-51(10,11)12)24-26(2)17-18-30-33(42-5)27(3)31-25-47-37(40)32(31)34(30)45-19-22-50(7,8)9/h14-15,17,28-29H,13,16,18-25H2,1-12H3/b15-14+,26-17+. The molecule has 1 heterocycles. The molecule has 1 aromatic carbocycles. The number of benzene rings is 1. The van der Waals surface area contributed by atoms with Gasteiger partial charge in [0.2, 0.25) is 0 Å². The molecule has 0 aromatic heterocycles. The largest absolute Gasteiger partial charge is 0.496 e. The molecule has 1 aliphatic rings. The minimum Gasteiger partial charge on any atom is -0.496 e. The van der Waals surface area contributed by atoms with E-state index in [-0.39, 0.29) is 25.3 Å². The van der Waals surface area contributed by atoms with E-state index in [1.807, 2.05) is 19.9 Å². The van der Waals surface area contributed by atoms with Crippen LogP contribution in [0.3, 0.4) is 0 Å². The Balaban J connectivity index is 2.34. The van der Waals surface area contributed by atoms with Crippen LogP contribution < -0.4 is 9.47 Å². The van der Waals surface area contributed by atoms with E-state index in [9.17, 15) is 18.9 Å². The summed E-state index contributed by atoms with van der Waals surface area (Å²) in [5.41, 5.74) is 3.81. The van der Waals surface area contributed by atoms with Crippen LogP contribution in [0, 0.1) is 12.8 Å². The highest BCUT2D eigenvalue weighted by Crippen LogP contribution is 2.48. The number of fused-ring (bicyclic) bond motifs is 1. The molecule has 3 unspecified atom stereocenters. The fourth-order valence-electron chi connectivity index (χ4n) is 5.38. The second kappa shape index (κ2) is 19.9. The average Bonchev–Trinajstić information content (AvgIpc) is 3.42. The molecule has 1 aromatic rings. The van der Waals surface area contributed by atoms with Gasteiger partial charge in [0.15, 0.2) is 6.10 Å². The first-order chi connectivity index (χ1) is 23.8. The SMILES string of the molecule is CCOC(=O)C(C)OP(=O)(C/C=C/CC(C/C(C)=C/Cc1c(OC)c(C)c2c(c1OCC[Si](C)(C)C)C(=O)OC2)C(=O)OCC[Si](C)(C)C)OC. The van der Waals surface area contributed by atoms with Crippen LogP contribution in [0.4, 0.5) is 0 Å². The Bertz CT molecular complexity index is 1470. The van der Waals surface area contributed by atoms with Crippen LogP contribution in [-0.4, -0.2) is 80.4 Å². The molecule has 0 spiro atoms. The lowest BCUT2D eigenvalue weighted by atomic mass is 9.93. The van der Waals surface area contributed by atoms with Crippen molar-refractivity contribution in [1.82, 2.24) is 0 Å². The fourth-order valence-corrected chi connectivity index (χ4v) is 8.11. The zero-order chi connectivity index (χ0) is 38.6. The van der Waals surface area contributed by atoms with Gasteiger partial charge in [0.1, 0.15) is 23.7 Å². The van der Waals surface area contributed by atoms with Crippen LogP contribution in [0.5, 0.6) is 11.5 Å². The van der Waals surface area contributed by atoms with E-state index in [1.165, 1.54) is 14.0 Å². The summed E-state index contributed by atoms with van der Waals surface area (Å²) in [6.07, 6.45) is 5.45. The van der Waals surface area contributed by atoms with E-state index < -0.39 is 47.7 Å². The third-order valence-corrected chi connectivity index (χ3v) is 13.8. The van der Waals surface area contributed by atoms with Crippen LogP contribution in [-0.2, 0) is 50.4 Å². The summed E-state index contributed by atoms with van der Waals surface area (Å²) in [6.45, 7) is 21.7. The third-order valence-electron chi connectivity index (χ3n) is 8.51. The summed E-state index contributed by atoms with van der Waals surface area (Å²) in [6, 6.07) is 1.77. The molecule has 1 aliphatic heterocycles. The highest BCUT2D eigenvalue weighted by molar-refractivity contribution is 7.54. The van der Waals surface area contributed by atoms with Crippen molar-refractivity contribution >= 4 is 41.7 Å². The van der Waals surface area contributed by atoms with Gasteiger partial charge in [-0.15, -0.1) is 0 Å². The van der Waals surface area contributed by atoms with E-state index >= 15 is 0 Å². The summed E-state index contributed by atoms with van der Waals surface area (Å²) >= 11 is 0. The first-order valence-corrected chi connectivity index (χ1v) is 26.9. The average molecular weight is 769 g/mol. The molecule has 288 valence electrons. The van der Waals surface area contributed by atoms with E-state index in [2.05, 4.69) is 39.3 Å². The second-order valence-electron chi connectivity index (χ2n) is 15.4. The Morgan fingerprint density at radius 3 is 2.20 bits per heavy atom. The van der Waals surface area contributed by atoms with Crippen molar-refractivity contribution < 1.29 is 51.7 Å². The normalized spacial score (nSPS) is 15.9. The molecule has 0 radical (unpaired) electrons. The lowest BCUT2D eigenvalue weighted by Crippen LogP contribution is -2.25. The number of rotatable bonds is 22. The molecule has 0 aliphatic carbocycles. The summed E-state index contributed by atoms with van der Waals surface area (Å²) in [7, 11) is -3.59. The number of esters is 3. The smallest absolute Gasteiger partial charge is 0.342 e. The van der Waals surface area contributed by atoms with Gasteiger partial charge < -0.3 is 28.2 Å². The van der Waals surface area contributed by atoms with Crippen molar-refractivity contribution in [2.75, 3.05) is 40.2 Å². The first kappa shape index (κ1) is 44.5. The fraction of sp³-hybridized carbons (Fsp3) is 0.649. The van der Waals surface area contributed by atoms with Crippen LogP contribution in [0.1, 0.15) is 60.7 Å². The van der Waals surface area contributed by atoms with Gasteiger partial charge in [0.05, 0.1) is 39.0 Å². The number of ether oxygens (including phenoxy) is 5. The highest BCUT2D eigenvalue weighted by atomic mass is 31.2. The van der Waals surface area contributed by atoms with Gasteiger partial charge in [-0.3, -0.25) is 13.9 Å². The molecule has 0 N–H and O–H groups in total. The molecular formula is C37H61O11PSi2. The summed E-state index contributed by atoms with van der Waals surface area (Å²) in [4.78, 5) is 38.3. The lowest BCUT2D eigenvalue weighted by Gasteiger charge is -2.22. The molecule has 0 fully saturated rings. The topological polar surface area (TPSA) is 133 Å². The predicted molar refractivity (Wildman–Crippen MR) is 206 cm³/mol. The van der Waals surface area contributed by atoms with Gasteiger partial charge in [-0.1, -0.05) is 63.1 Å². The van der Waals surface area contributed by atoms with E-state index in [0.29, 0.717) is 49.5 Å². The summed E-state index contributed by atoms with van der Waals surface area (Å²) < 4.78 is 52.2. The van der Waals surface area contributed by atoms with Gasteiger partial charge in [-0.2, -0.15) is 0 Å². The van der Waals surface area contributed by atoms with Gasteiger partial charge in [-0.25, -0.2) is 9.59 Å². The maximum Gasteiger partial charge on any atom is 0.342 e. The maximum atomic E-state index is 13.4. The van der Waals surface area contributed by atoms with Gasteiger partial charge in [0.25, 0.3) is 0 Å². The van der Waals surface area contributed by atoms with Gasteiger partial charge in [0, 0.05) is 34.4 Å². The molecule has 11 nitrogen and oxygen atoms in total. The number of allylic oxidation sites excluding steroid dienone is 4. The molecule has 51 heavy (non-hydrogen) atoms. The Labute approximate surface area is 307 Å². The minimum absolute atomic E-state index is 0.0835. The van der Waals surface area contributed by atoms with E-state index in [4.69, 9.17) is 32.7 Å². The van der Waals surface area contributed by atoms with Crippen LogP contribution in [0.2, 0.25) is 51.4 Å². The van der Waals surface area contributed by atoms with Crippen molar-refractivity contribution in [2.45, 2.75) is 111 Å².